The van der Waals surface area contributed by atoms with Gasteiger partial charge in [0.2, 0.25) is 0 Å². The van der Waals surface area contributed by atoms with E-state index in [2.05, 4.69) is 0 Å². The molecule has 0 aromatic rings. The lowest BCUT2D eigenvalue weighted by Gasteiger charge is -2.27. The van der Waals surface area contributed by atoms with Crippen LogP contribution in [-0.4, -0.2) is 23.4 Å². The van der Waals surface area contributed by atoms with E-state index in [1.807, 2.05) is 20.8 Å². The minimum Gasteiger partial charge on any atom is -0.447 e. The van der Waals surface area contributed by atoms with E-state index in [4.69, 9.17) is 10.5 Å². The van der Waals surface area contributed by atoms with Crippen LogP contribution in [0.5, 0.6) is 0 Å². The fourth-order valence-electron chi connectivity index (χ4n) is 0.914. The van der Waals surface area contributed by atoms with Crippen molar-refractivity contribution < 1.29 is 14.6 Å². The van der Waals surface area contributed by atoms with Crippen molar-refractivity contribution >= 4 is 6.09 Å². The first kappa shape index (κ1) is 12.2. The highest BCUT2D eigenvalue weighted by molar-refractivity contribution is 5.64. The van der Waals surface area contributed by atoms with Crippen LogP contribution in [0.3, 0.4) is 0 Å². The summed E-state index contributed by atoms with van der Waals surface area (Å²) in [4.78, 5) is 10.4. The Balaban J connectivity index is 3.92. The zero-order valence-corrected chi connectivity index (χ0v) is 8.70. The summed E-state index contributed by atoms with van der Waals surface area (Å²) in [7, 11) is 0. The van der Waals surface area contributed by atoms with Crippen LogP contribution < -0.4 is 5.73 Å². The van der Waals surface area contributed by atoms with Gasteiger partial charge < -0.3 is 15.6 Å². The first-order valence-corrected chi connectivity index (χ1v) is 4.37. The van der Waals surface area contributed by atoms with Gasteiger partial charge in [-0.3, -0.25) is 0 Å². The number of aliphatic hydroxyl groups is 1. The molecule has 0 heterocycles. The molecule has 0 rings (SSSR count). The zero-order valence-electron chi connectivity index (χ0n) is 8.70. The molecule has 4 heteroatoms. The molecule has 0 aromatic carbocycles. The third-order valence-electron chi connectivity index (χ3n) is 1.87. The molecule has 0 bridgehead atoms. The lowest BCUT2D eigenvalue weighted by atomic mass is 9.86. The van der Waals surface area contributed by atoms with Gasteiger partial charge in [-0.05, 0) is 12.3 Å². The number of primary amides is 1. The summed E-state index contributed by atoms with van der Waals surface area (Å²) in [5, 5.41) is 9.64. The SMILES string of the molecule is CC(CC(O)C(C)(C)C)OC(N)=O. The second-order valence-corrected chi connectivity index (χ2v) is 4.37. The van der Waals surface area contributed by atoms with Crippen molar-refractivity contribution in [2.45, 2.75) is 46.3 Å². The summed E-state index contributed by atoms with van der Waals surface area (Å²) in [5.74, 6) is 0. The minimum atomic E-state index is -0.798. The van der Waals surface area contributed by atoms with E-state index in [1.165, 1.54) is 0 Å². The highest BCUT2D eigenvalue weighted by atomic mass is 16.6. The molecule has 0 fully saturated rings. The van der Waals surface area contributed by atoms with Crippen molar-refractivity contribution in [2.75, 3.05) is 0 Å². The highest BCUT2D eigenvalue weighted by Crippen LogP contribution is 2.23. The van der Waals surface area contributed by atoms with E-state index in [9.17, 15) is 9.90 Å². The Morgan fingerprint density at radius 2 is 2.00 bits per heavy atom. The molecule has 4 nitrogen and oxygen atoms in total. The molecular formula is C9H19NO3. The van der Waals surface area contributed by atoms with E-state index in [0.717, 1.165) is 0 Å². The molecule has 0 spiro atoms. The van der Waals surface area contributed by atoms with Gasteiger partial charge >= 0.3 is 6.09 Å². The topological polar surface area (TPSA) is 72.6 Å². The Bertz CT molecular complexity index is 174. The van der Waals surface area contributed by atoms with Crippen LogP contribution in [0.4, 0.5) is 4.79 Å². The Morgan fingerprint density at radius 3 is 2.31 bits per heavy atom. The third-order valence-corrected chi connectivity index (χ3v) is 1.87. The Morgan fingerprint density at radius 1 is 1.54 bits per heavy atom. The highest BCUT2D eigenvalue weighted by Gasteiger charge is 2.24. The van der Waals surface area contributed by atoms with Crippen molar-refractivity contribution in [3.8, 4) is 0 Å². The first-order valence-electron chi connectivity index (χ1n) is 4.37. The van der Waals surface area contributed by atoms with Gasteiger partial charge in [0.1, 0.15) is 6.10 Å². The van der Waals surface area contributed by atoms with Crippen molar-refractivity contribution in [1.29, 1.82) is 0 Å². The molecule has 0 radical (unpaired) electrons. The van der Waals surface area contributed by atoms with Gasteiger partial charge in [-0.2, -0.15) is 0 Å². The number of carbonyl (C=O) groups excluding carboxylic acids is 1. The summed E-state index contributed by atoms with van der Waals surface area (Å²) in [5.41, 5.74) is 4.64. The Hall–Kier alpha value is -0.770. The van der Waals surface area contributed by atoms with Crippen LogP contribution in [0, 0.1) is 5.41 Å². The quantitative estimate of drug-likeness (QED) is 0.702. The monoisotopic (exact) mass is 189 g/mol. The summed E-state index contributed by atoms with van der Waals surface area (Å²) >= 11 is 0. The number of nitrogens with two attached hydrogens (primary N) is 1. The van der Waals surface area contributed by atoms with Crippen LogP contribution in [0.25, 0.3) is 0 Å². The van der Waals surface area contributed by atoms with Crippen molar-refractivity contribution in [1.82, 2.24) is 0 Å². The number of aliphatic hydroxyl groups excluding tert-OH is 1. The average Bonchev–Trinajstić information content (AvgIpc) is 1.82. The average molecular weight is 189 g/mol. The van der Waals surface area contributed by atoms with Crippen molar-refractivity contribution in [3.63, 3.8) is 0 Å². The fourth-order valence-corrected chi connectivity index (χ4v) is 0.914. The van der Waals surface area contributed by atoms with E-state index >= 15 is 0 Å². The maximum Gasteiger partial charge on any atom is 0.404 e. The van der Waals surface area contributed by atoms with Crippen LogP contribution in [0.2, 0.25) is 0 Å². The zero-order chi connectivity index (χ0) is 10.6. The van der Waals surface area contributed by atoms with Crippen molar-refractivity contribution in [2.24, 2.45) is 11.1 Å². The molecule has 78 valence electrons. The number of ether oxygens (including phenoxy) is 1. The predicted octanol–water partition coefficient (Wildman–Crippen LogP) is 1.27. The summed E-state index contributed by atoms with van der Waals surface area (Å²) in [6, 6.07) is 0. The second-order valence-electron chi connectivity index (χ2n) is 4.37. The molecule has 3 N–H and O–H groups in total. The normalized spacial score (nSPS) is 16.4. The van der Waals surface area contributed by atoms with E-state index in [1.54, 1.807) is 6.92 Å². The Labute approximate surface area is 79.1 Å². The molecule has 1 amide bonds. The molecule has 13 heavy (non-hydrogen) atoms. The number of hydrogen-bond donors (Lipinski definition) is 2. The smallest absolute Gasteiger partial charge is 0.404 e. The summed E-state index contributed by atoms with van der Waals surface area (Å²) in [6.07, 6.45) is -1.23. The number of hydrogen-bond acceptors (Lipinski definition) is 3. The molecule has 0 aliphatic rings. The van der Waals surface area contributed by atoms with E-state index in [0.29, 0.717) is 6.42 Å². The maximum absolute atomic E-state index is 10.4. The lowest BCUT2D eigenvalue weighted by Crippen LogP contribution is -2.32. The molecular weight excluding hydrogens is 170 g/mol. The molecule has 0 saturated heterocycles. The fraction of sp³-hybridized carbons (Fsp3) is 0.889. The number of carbonyl (C=O) groups is 1. The maximum atomic E-state index is 10.4. The largest absolute Gasteiger partial charge is 0.447 e. The molecule has 0 aliphatic carbocycles. The molecule has 0 aliphatic heterocycles. The van der Waals surface area contributed by atoms with Gasteiger partial charge in [-0.1, -0.05) is 20.8 Å². The van der Waals surface area contributed by atoms with Gasteiger partial charge in [0.05, 0.1) is 6.10 Å². The van der Waals surface area contributed by atoms with Crippen molar-refractivity contribution in [3.05, 3.63) is 0 Å². The van der Waals surface area contributed by atoms with E-state index < -0.39 is 12.2 Å². The number of amides is 1. The second kappa shape index (κ2) is 4.46. The lowest BCUT2D eigenvalue weighted by molar-refractivity contribution is 0.0128. The van der Waals surface area contributed by atoms with Gasteiger partial charge in [-0.25, -0.2) is 4.79 Å². The van der Waals surface area contributed by atoms with Gasteiger partial charge in [0.25, 0.3) is 0 Å². The predicted molar refractivity (Wildman–Crippen MR) is 50.2 cm³/mol. The molecule has 0 aromatic heterocycles. The van der Waals surface area contributed by atoms with Crippen LogP contribution in [0.15, 0.2) is 0 Å². The van der Waals surface area contributed by atoms with E-state index in [-0.39, 0.29) is 11.5 Å². The molecule has 0 saturated carbocycles. The molecule has 2 atom stereocenters. The van der Waals surface area contributed by atoms with Crippen LogP contribution in [-0.2, 0) is 4.74 Å². The summed E-state index contributed by atoms with van der Waals surface area (Å²) < 4.78 is 4.69. The third kappa shape index (κ3) is 5.47. The first-order chi connectivity index (χ1) is 5.73. The Kier molecular flexibility index (Phi) is 4.20. The van der Waals surface area contributed by atoms with Gasteiger partial charge in [0.15, 0.2) is 0 Å². The van der Waals surface area contributed by atoms with Gasteiger partial charge in [-0.15, -0.1) is 0 Å². The minimum absolute atomic E-state index is 0.199. The van der Waals surface area contributed by atoms with Gasteiger partial charge in [0, 0.05) is 6.42 Å². The van der Waals surface area contributed by atoms with Crippen LogP contribution >= 0.6 is 0 Å². The van der Waals surface area contributed by atoms with Crippen LogP contribution in [0.1, 0.15) is 34.1 Å². The molecule has 2 unspecified atom stereocenters. The standard InChI is InChI=1S/C9H19NO3/c1-6(13-8(10)12)5-7(11)9(2,3)4/h6-7,11H,5H2,1-4H3,(H2,10,12). The summed E-state index contributed by atoms with van der Waals surface area (Å²) in [6.45, 7) is 7.48. The number of rotatable bonds is 3.